The summed E-state index contributed by atoms with van der Waals surface area (Å²) in [6, 6.07) is -0.486. The normalized spacial score (nSPS) is 50.2. The van der Waals surface area contributed by atoms with E-state index < -0.39 is 75.0 Å². The number of likely N-dealkylation sites (N-methyl/N-ethyl adjacent to an activating group) is 1. The van der Waals surface area contributed by atoms with E-state index in [1.54, 1.807) is 13.8 Å². The van der Waals surface area contributed by atoms with Gasteiger partial charge in [-0.3, -0.25) is 19.3 Å². The number of halogens is 2. The van der Waals surface area contributed by atoms with Crippen LogP contribution in [-0.2, 0) is 19.1 Å². The number of carbonyl (C=O) groups excluding carboxylic acids is 3. The molecule has 4 fully saturated rings. The number of thiol groups is 1. The van der Waals surface area contributed by atoms with Crippen molar-refractivity contribution in [3.8, 4) is 0 Å². The van der Waals surface area contributed by atoms with Gasteiger partial charge in [-0.15, -0.1) is 12.6 Å². The monoisotopic (exact) mass is 523 g/mol. The largest absolute Gasteiger partial charge is 0.448 e. The quantitative estimate of drug-likeness (QED) is 0.436. The molecule has 5 rings (SSSR count). The Hall–Kier alpha value is -1.58. The molecule has 0 amide bonds. The first kappa shape index (κ1) is 26.0. The third-order valence-corrected chi connectivity index (χ3v) is 10.9. The number of rotatable bonds is 3. The summed E-state index contributed by atoms with van der Waals surface area (Å²) >= 11 is 4.20. The van der Waals surface area contributed by atoms with E-state index in [-0.39, 0.29) is 18.4 Å². The molecular formula is C27H35F2NO5S. The van der Waals surface area contributed by atoms with E-state index in [0.29, 0.717) is 12.8 Å². The van der Waals surface area contributed by atoms with E-state index in [1.807, 2.05) is 11.9 Å². The van der Waals surface area contributed by atoms with Gasteiger partial charge < -0.3 is 9.84 Å². The SMILES string of the molecule is CC1C[C@H]2[C@@H]3CC(F)C4=CC(=O)C=C[C@]4(C)C3(F)C(O)C[C@]2(C)C1(OC(=O)[C@@H]1CCCN1C)C(=O)S. The van der Waals surface area contributed by atoms with Crippen molar-refractivity contribution >= 4 is 29.5 Å². The van der Waals surface area contributed by atoms with Crippen LogP contribution in [-0.4, -0.2) is 70.1 Å². The first-order valence-electron chi connectivity index (χ1n) is 12.9. The molecule has 1 aliphatic heterocycles. The van der Waals surface area contributed by atoms with Gasteiger partial charge in [0.25, 0.3) is 0 Å². The Kier molecular flexibility index (Phi) is 5.94. The highest BCUT2D eigenvalue weighted by molar-refractivity contribution is 7.96. The molecular weight excluding hydrogens is 488 g/mol. The molecule has 36 heavy (non-hydrogen) atoms. The highest BCUT2D eigenvalue weighted by Crippen LogP contribution is 2.71. The van der Waals surface area contributed by atoms with E-state index in [4.69, 9.17) is 4.74 Å². The minimum Gasteiger partial charge on any atom is -0.448 e. The summed E-state index contributed by atoms with van der Waals surface area (Å²) in [5.41, 5.74) is -6.54. The third kappa shape index (κ3) is 3.05. The summed E-state index contributed by atoms with van der Waals surface area (Å²) in [4.78, 5) is 40.5. The molecule has 3 saturated carbocycles. The van der Waals surface area contributed by atoms with Gasteiger partial charge in [0.15, 0.2) is 17.1 Å². The van der Waals surface area contributed by atoms with Crippen LogP contribution in [0.2, 0.25) is 0 Å². The molecule has 4 aliphatic carbocycles. The zero-order valence-corrected chi connectivity index (χ0v) is 22.1. The Morgan fingerprint density at radius 2 is 1.94 bits per heavy atom. The molecule has 1 N–H and O–H groups in total. The Balaban J connectivity index is 1.59. The van der Waals surface area contributed by atoms with Crippen LogP contribution < -0.4 is 0 Å². The molecule has 10 atom stereocenters. The number of alkyl halides is 2. The molecule has 1 saturated heterocycles. The smallest absolute Gasteiger partial charge is 0.324 e. The molecule has 0 bridgehead atoms. The zero-order chi connectivity index (χ0) is 26.4. The number of ketones is 1. The lowest BCUT2D eigenvalue weighted by Crippen LogP contribution is -2.70. The van der Waals surface area contributed by atoms with Crippen LogP contribution in [0, 0.1) is 28.6 Å². The number of hydrogen-bond donors (Lipinski definition) is 2. The third-order valence-electron chi connectivity index (χ3n) is 10.5. The molecule has 0 radical (unpaired) electrons. The van der Waals surface area contributed by atoms with Gasteiger partial charge in [0.1, 0.15) is 12.2 Å². The number of allylic oxidation sites excluding steroid dienone is 4. The van der Waals surface area contributed by atoms with Gasteiger partial charge in [-0.2, -0.15) is 0 Å². The second-order valence-electron chi connectivity index (χ2n) is 12.1. The Bertz CT molecular complexity index is 1080. The number of aliphatic hydroxyl groups is 1. The number of carbonyl (C=O) groups is 3. The summed E-state index contributed by atoms with van der Waals surface area (Å²) in [7, 11) is 1.83. The fourth-order valence-electron chi connectivity index (χ4n) is 8.68. The molecule has 9 heteroatoms. The van der Waals surface area contributed by atoms with Crippen molar-refractivity contribution in [1.82, 2.24) is 4.90 Å². The van der Waals surface area contributed by atoms with Crippen molar-refractivity contribution in [3.63, 3.8) is 0 Å². The first-order chi connectivity index (χ1) is 16.7. The van der Waals surface area contributed by atoms with Crippen LogP contribution in [0.5, 0.6) is 0 Å². The number of ether oxygens (including phenoxy) is 1. The second kappa shape index (κ2) is 8.21. The van der Waals surface area contributed by atoms with Gasteiger partial charge >= 0.3 is 5.97 Å². The molecule has 0 spiro atoms. The summed E-state index contributed by atoms with van der Waals surface area (Å²) < 4.78 is 39.1. The van der Waals surface area contributed by atoms with E-state index in [9.17, 15) is 19.5 Å². The van der Waals surface area contributed by atoms with Crippen molar-refractivity contribution in [2.75, 3.05) is 13.6 Å². The molecule has 198 valence electrons. The van der Waals surface area contributed by atoms with Gasteiger partial charge in [-0.1, -0.05) is 19.9 Å². The second-order valence-corrected chi connectivity index (χ2v) is 12.5. The van der Waals surface area contributed by atoms with Crippen LogP contribution >= 0.6 is 12.6 Å². The van der Waals surface area contributed by atoms with E-state index in [1.165, 1.54) is 19.1 Å². The Labute approximate surface area is 215 Å². The minimum absolute atomic E-state index is 0.0506. The maximum absolute atomic E-state index is 17.3. The Morgan fingerprint density at radius 3 is 2.56 bits per heavy atom. The first-order valence-corrected chi connectivity index (χ1v) is 13.3. The topological polar surface area (TPSA) is 83.9 Å². The van der Waals surface area contributed by atoms with Crippen molar-refractivity contribution in [2.24, 2.45) is 28.6 Å². The van der Waals surface area contributed by atoms with Crippen LogP contribution in [0.4, 0.5) is 8.78 Å². The highest BCUT2D eigenvalue weighted by Gasteiger charge is 2.78. The summed E-state index contributed by atoms with van der Waals surface area (Å²) in [5.74, 6) is -2.93. The molecule has 0 aromatic rings. The standard InChI is InChI=1S/C27H35F2NO5S/c1-14-10-16-17-12-19(28)18-11-15(31)7-8-24(18,2)26(17,29)21(32)13-25(16,3)27(14,23(34)36)35-22(33)20-6-5-9-30(20)4/h7-8,11,14,16-17,19-21,32H,5-6,9-10,12-13H2,1-4H3,(H,34,36)/t14?,16-,17-,19?,20-,21?,24-,25-,26?,27?/m0/s1. The van der Waals surface area contributed by atoms with E-state index in [0.717, 1.165) is 19.0 Å². The van der Waals surface area contributed by atoms with Crippen molar-refractivity contribution in [2.45, 2.75) is 82.5 Å². The molecule has 6 nitrogen and oxygen atoms in total. The summed E-state index contributed by atoms with van der Waals surface area (Å²) in [6.07, 6.45) is 2.02. The summed E-state index contributed by atoms with van der Waals surface area (Å²) in [5, 5.41) is 10.9. The van der Waals surface area contributed by atoms with Crippen molar-refractivity contribution in [1.29, 1.82) is 0 Å². The lowest BCUT2D eigenvalue weighted by Gasteiger charge is -2.63. The number of esters is 1. The van der Waals surface area contributed by atoms with Crippen LogP contribution in [0.25, 0.3) is 0 Å². The summed E-state index contributed by atoms with van der Waals surface area (Å²) in [6.45, 7) is 5.82. The van der Waals surface area contributed by atoms with Gasteiger partial charge in [-0.05, 0) is 76.3 Å². The van der Waals surface area contributed by atoms with Crippen LogP contribution in [0.1, 0.15) is 52.9 Å². The highest BCUT2D eigenvalue weighted by atomic mass is 32.1. The molecule has 5 aliphatic rings. The maximum Gasteiger partial charge on any atom is 0.324 e. The van der Waals surface area contributed by atoms with Gasteiger partial charge in [-0.25, -0.2) is 8.78 Å². The number of likely N-dealkylation sites (tertiary alicyclic amines) is 1. The van der Waals surface area contributed by atoms with E-state index >= 15 is 8.78 Å². The fraction of sp³-hybridized carbons (Fsp3) is 0.741. The number of nitrogens with zero attached hydrogens (tertiary/aromatic N) is 1. The zero-order valence-electron chi connectivity index (χ0n) is 21.2. The molecule has 1 heterocycles. The Morgan fingerprint density at radius 1 is 1.25 bits per heavy atom. The maximum atomic E-state index is 17.3. The molecule has 5 unspecified atom stereocenters. The van der Waals surface area contributed by atoms with Gasteiger partial charge in [0.05, 0.1) is 6.10 Å². The number of fused-ring (bicyclic) bond motifs is 5. The van der Waals surface area contributed by atoms with Crippen LogP contribution in [0.15, 0.2) is 23.8 Å². The molecule has 0 aromatic carbocycles. The predicted octanol–water partition coefficient (Wildman–Crippen LogP) is 3.38. The average molecular weight is 524 g/mol. The minimum atomic E-state index is -2.26. The lowest BCUT2D eigenvalue weighted by molar-refractivity contribution is -0.229. The van der Waals surface area contributed by atoms with Crippen molar-refractivity contribution in [3.05, 3.63) is 23.8 Å². The number of aliphatic hydroxyl groups excluding tert-OH is 1. The molecule has 0 aromatic heterocycles. The van der Waals surface area contributed by atoms with Crippen LogP contribution in [0.3, 0.4) is 0 Å². The number of hydrogen-bond acceptors (Lipinski definition) is 6. The van der Waals surface area contributed by atoms with Gasteiger partial charge in [0, 0.05) is 22.7 Å². The lowest BCUT2D eigenvalue weighted by atomic mass is 9.44. The van der Waals surface area contributed by atoms with Gasteiger partial charge in [0.2, 0.25) is 5.12 Å². The van der Waals surface area contributed by atoms with E-state index in [2.05, 4.69) is 12.6 Å². The van der Waals surface area contributed by atoms with Crippen molar-refractivity contribution < 1.29 is 33.0 Å². The average Bonchev–Trinajstić information content (AvgIpc) is 3.32. The fourth-order valence-corrected chi connectivity index (χ4v) is 9.20. The predicted molar refractivity (Wildman–Crippen MR) is 132 cm³/mol.